The highest BCUT2D eigenvalue weighted by molar-refractivity contribution is 5.79. The van der Waals surface area contributed by atoms with Crippen LogP contribution in [0.3, 0.4) is 0 Å². The Morgan fingerprint density at radius 2 is 2.19 bits per heavy atom. The summed E-state index contributed by atoms with van der Waals surface area (Å²) in [5, 5.41) is 1.02. The molecule has 0 aliphatic heterocycles. The summed E-state index contributed by atoms with van der Waals surface area (Å²) >= 11 is 0. The Morgan fingerprint density at radius 3 is 2.88 bits per heavy atom. The smallest absolute Gasteiger partial charge is 0.147 e. The van der Waals surface area contributed by atoms with E-state index in [0.717, 1.165) is 10.9 Å². The third-order valence-electron chi connectivity index (χ3n) is 3.01. The molecule has 0 radical (unpaired) electrons. The summed E-state index contributed by atoms with van der Waals surface area (Å²) < 4.78 is 14.4. The molecule has 1 aromatic heterocycles. The average molecular weight is 218 g/mol. The first-order valence-corrected chi connectivity index (χ1v) is 5.44. The highest BCUT2D eigenvalue weighted by atomic mass is 19.1. The van der Waals surface area contributed by atoms with Crippen LogP contribution in [0.25, 0.3) is 10.9 Å². The van der Waals surface area contributed by atoms with Crippen molar-refractivity contribution in [3.05, 3.63) is 42.1 Å². The number of pyridine rings is 1. The molecular weight excluding hydrogens is 203 g/mol. The topological polar surface area (TPSA) is 38.9 Å². The van der Waals surface area contributed by atoms with Crippen molar-refractivity contribution in [3.63, 3.8) is 0 Å². The van der Waals surface area contributed by atoms with Gasteiger partial charge in [0.1, 0.15) is 5.67 Å². The van der Waals surface area contributed by atoms with Gasteiger partial charge in [-0.25, -0.2) is 4.39 Å². The van der Waals surface area contributed by atoms with Crippen molar-refractivity contribution in [1.29, 1.82) is 0 Å². The number of nitrogens with two attached hydrogens (primary N) is 1. The lowest BCUT2D eigenvalue weighted by molar-refractivity contribution is 0.169. The Labute approximate surface area is 94.3 Å². The van der Waals surface area contributed by atoms with Crippen LogP contribution in [0.15, 0.2) is 36.5 Å². The number of rotatable bonds is 3. The summed E-state index contributed by atoms with van der Waals surface area (Å²) in [6.45, 7) is 1.80. The van der Waals surface area contributed by atoms with E-state index < -0.39 is 5.67 Å². The first-order chi connectivity index (χ1) is 7.69. The van der Waals surface area contributed by atoms with Gasteiger partial charge in [-0.3, -0.25) is 4.98 Å². The lowest BCUT2D eigenvalue weighted by Crippen LogP contribution is -2.29. The molecule has 0 fully saturated rings. The minimum atomic E-state index is -1.44. The number of fused-ring (bicyclic) bond motifs is 1. The second-order valence-corrected chi connectivity index (χ2v) is 3.93. The normalized spacial score (nSPS) is 14.9. The molecule has 1 heterocycles. The highest BCUT2D eigenvalue weighted by Crippen LogP contribution is 2.30. The molecule has 1 atom stereocenters. The molecule has 0 spiro atoms. The summed E-state index contributed by atoms with van der Waals surface area (Å²) in [6, 6.07) is 9.29. The predicted octanol–water partition coefficient (Wildman–Crippen LogP) is 2.77. The van der Waals surface area contributed by atoms with E-state index in [0.29, 0.717) is 12.0 Å². The van der Waals surface area contributed by atoms with Gasteiger partial charge in [-0.1, -0.05) is 25.1 Å². The predicted molar refractivity (Wildman–Crippen MR) is 63.9 cm³/mol. The maximum absolute atomic E-state index is 14.4. The molecule has 2 N–H and O–H groups in total. The first-order valence-electron chi connectivity index (χ1n) is 5.44. The number of aromatic nitrogens is 1. The molecule has 84 valence electrons. The number of nitrogens with zero attached hydrogens (tertiary/aromatic N) is 1. The largest absolute Gasteiger partial charge is 0.327 e. The van der Waals surface area contributed by atoms with Gasteiger partial charge < -0.3 is 5.73 Å². The van der Waals surface area contributed by atoms with E-state index in [9.17, 15) is 4.39 Å². The SMILES string of the molecule is CCC(F)(CN)c1ccc2cccnc2c1. The number of hydrogen-bond acceptors (Lipinski definition) is 2. The molecule has 1 unspecified atom stereocenters. The summed E-state index contributed by atoms with van der Waals surface area (Å²) in [4.78, 5) is 4.22. The number of benzene rings is 1. The molecule has 3 heteroatoms. The van der Waals surface area contributed by atoms with Crippen LogP contribution in [0, 0.1) is 0 Å². The molecule has 1 aromatic carbocycles. The molecule has 16 heavy (non-hydrogen) atoms. The molecular formula is C13H15FN2. The molecule has 0 saturated heterocycles. The van der Waals surface area contributed by atoms with Crippen molar-refractivity contribution in [2.24, 2.45) is 5.73 Å². The number of hydrogen-bond donors (Lipinski definition) is 1. The zero-order valence-electron chi connectivity index (χ0n) is 9.28. The van der Waals surface area contributed by atoms with Crippen LogP contribution < -0.4 is 5.73 Å². The Balaban J connectivity index is 2.54. The third-order valence-corrected chi connectivity index (χ3v) is 3.01. The van der Waals surface area contributed by atoms with Crippen molar-refractivity contribution < 1.29 is 4.39 Å². The fourth-order valence-corrected chi connectivity index (χ4v) is 1.81. The van der Waals surface area contributed by atoms with Gasteiger partial charge in [0.2, 0.25) is 0 Å². The van der Waals surface area contributed by atoms with Gasteiger partial charge in [-0.2, -0.15) is 0 Å². The van der Waals surface area contributed by atoms with E-state index in [1.165, 1.54) is 0 Å². The second kappa shape index (κ2) is 4.18. The molecule has 0 amide bonds. The lowest BCUT2D eigenvalue weighted by Gasteiger charge is -2.22. The minimum Gasteiger partial charge on any atom is -0.327 e. The van der Waals surface area contributed by atoms with Crippen LogP contribution in [0.4, 0.5) is 4.39 Å². The molecule has 0 aliphatic carbocycles. The third kappa shape index (κ3) is 1.78. The van der Waals surface area contributed by atoms with E-state index in [-0.39, 0.29) is 6.54 Å². The van der Waals surface area contributed by atoms with Gasteiger partial charge in [0.25, 0.3) is 0 Å². The average Bonchev–Trinajstić information content (AvgIpc) is 2.37. The van der Waals surface area contributed by atoms with Crippen molar-refractivity contribution in [2.75, 3.05) is 6.54 Å². The zero-order chi connectivity index (χ0) is 11.6. The van der Waals surface area contributed by atoms with Gasteiger partial charge in [0, 0.05) is 18.1 Å². The zero-order valence-corrected chi connectivity index (χ0v) is 9.28. The van der Waals surface area contributed by atoms with E-state index in [4.69, 9.17) is 5.73 Å². The monoisotopic (exact) mass is 218 g/mol. The molecule has 2 aromatic rings. The molecule has 0 saturated carbocycles. The fourth-order valence-electron chi connectivity index (χ4n) is 1.81. The quantitative estimate of drug-likeness (QED) is 0.860. The van der Waals surface area contributed by atoms with E-state index in [2.05, 4.69) is 4.98 Å². The Morgan fingerprint density at radius 1 is 1.38 bits per heavy atom. The fraction of sp³-hybridized carbons (Fsp3) is 0.308. The standard InChI is InChI=1S/C13H15FN2/c1-2-13(14,9-15)11-6-5-10-4-3-7-16-12(10)8-11/h3-8H,2,9,15H2,1H3. The minimum absolute atomic E-state index is 0.00183. The van der Waals surface area contributed by atoms with Gasteiger partial charge in [0.05, 0.1) is 5.52 Å². The molecule has 0 aliphatic rings. The van der Waals surface area contributed by atoms with Crippen molar-refractivity contribution >= 4 is 10.9 Å². The maximum atomic E-state index is 14.4. The summed E-state index contributed by atoms with van der Waals surface area (Å²) in [7, 11) is 0. The van der Waals surface area contributed by atoms with E-state index >= 15 is 0 Å². The Kier molecular flexibility index (Phi) is 2.88. The second-order valence-electron chi connectivity index (χ2n) is 3.93. The van der Waals surface area contributed by atoms with Crippen molar-refractivity contribution in [1.82, 2.24) is 4.98 Å². The summed E-state index contributed by atoms with van der Waals surface area (Å²) in [5.74, 6) is 0. The van der Waals surface area contributed by atoms with Gasteiger partial charge >= 0.3 is 0 Å². The van der Waals surface area contributed by atoms with Crippen LogP contribution in [0.5, 0.6) is 0 Å². The van der Waals surface area contributed by atoms with Gasteiger partial charge in [-0.05, 0) is 24.1 Å². The van der Waals surface area contributed by atoms with Crippen molar-refractivity contribution in [3.8, 4) is 0 Å². The highest BCUT2D eigenvalue weighted by Gasteiger charge is 2.28. The van der Waals surface area contributed by atoms with E-state index in [1.807, 2.05) is 18.2 Å². The Bertz CT molecular complexity index is 492. The number of halogens is 1. The van der Waals surface area contributed by atoms with E-state index in [1.54, 1.807) is 25.3 Å². The van der Waals surface area contributed by atoms with Crippen LogP contribution >= 0.6 is 0 Å². The van der Waals surface area contributed by atoms with Crippen molar-refractivity contribution in [2.45, 2.75) is 19.0 Å². The maximum Gasteiger partial charge on any atom is 0.147 e. The molecule has 2 nitrogen and oxygen atoms in total. The molecule has 0 bridgehead atoms. The van der Waals surface area contributed by atoms with Gasteiger partial charge in [-0.15, -0.1) is 0 Å². The van der Waals surface area contributed by atoms with Crippen LogP contribution in [-0.2, 0) is 5.67 Å². The lowest BCUT2D eigenvalue weighted by atomic mass is 9.92. The summed E-state index contributed by atoms with van der Waals surface area (Å²) in [6.07, 6.45) is 2.09. The molecule has 2 rings (SSSR count). The number of alkyl halides is 1. The van der Waals surface area contributed by atoms with Gasteiger partial charge in [0.15, 0.2) is 0 Å². The van der Waals surface area contributed by atoms with Crippen LogP contribution in [-0.4, -0.2) is 11.5 Å². The van der Waals surface area contributed by atoms with Crippen LogP contribution in [0.1, 0.15) is 18.9 Å². The Hall–Kier alpha value is -1.48. The first kappa shape index (κ1) is 11.0. The summed E-state index contributed by atoms with van der Waals surface area (Å²) in [5.41, 5.74) is 5.48. The van der Waals surface area contributed by atoms with Crippen LogP contribution in [0.2, 0.25) is 0 Å².